The van der Waals surface area contributed by atoms with Crippen molar-refractivity contribution in [1.29, 1.82) is 5.26 Å². The van der Waals surface area contributed by atoms with Crippen molar-refractivity contribution in [1.82, 2.24) is 4.90 Å². The van der Waals surface area contributed by atoms with Crippen molar-refractivity contribution >= 4 is 11.9 Å². The number of carboxylic acids is 2. The fourth-order valence-corrected chi connectivity index (χ4v) is 2.25. The van der Waals surface area contributed by atoms with Crippen LogP contribution in [0.3, 0.4) is 0 Å². The predicted octanol–water partition coefficient (Wildman–Crippen LogP) is 2.35. The number of nitriles is 1. The van der Waals surface area contributed by atoms with Crippen LogP contribution in [-0.4, -0.2) is 64.0 Å². The maximum absolute atomic E-state index is 10.2. The van der Waals surface area contributed by atoms with Crippen LogP contribution in [-0.2, 0) is 9.59 Å². The number of aliphatic carboxylic acids is 2. The van der Waals surface area contributed by atoms with Crippen LogP contribution in [0.4, 0.5) is 0 Å². The molecule has 0 aliphatic carbocycles. The molecule has 0 aliphatic rings. The van der Waals surface area contributed by atoms with E-state index in [4.69, 9.17) is 29.8 Å². The van der Waals surface area contributed by atoms with E-state index in [1.165, 1.54) is 0 Å². The minimum absolute atomic E-state index is 0.269. The van der Waals surface area contributed by atoms with Crippen LogP contribution in [0.2, 0.25) is 0 Å². The van der Waals surface area contributed by atoms with Gasteiger partial charge in [0.05, 0.1) is 11.6 Å². The summed E-state index contributed by atoms with van der Waals surface area (Å²) in [6.07, 6.45) is 2.87. The first-order valence-corrected chi connectivity index (χ1v) is 9.26. The third-order valence-electron chi connectivity index (χ3n) is 4.07. The van der Waals surface area contributed by atoms with Crippen molar-refractivity contribution in [2.45, 2.75) is 52.2 Å². The van der Waals surface area contributed by atoms with Crippen molar-refractivity contribution in [3.05, 3.63) is 29.8 Å². The Balaban J connectivity index is 0.00000105. The number of carbonyl (C=O) groups is 2. The number of ether oxygens (including phenoxy) is 1. The number of rotatable bonds is 10. The zero-order chi connectivity index (χ0) is 21.5. The van der Waals surface area contributed by atoms with Gasteiger partial charge in [-0.1, -0.05) is 20.3 Å². The fraction of sp³-hybridized carbons (Fsp3) is 0.550. The lowest BCUT2D eigenvalue weighted by molar-refractivity contribution is -0.159. The van der Waals surface area contributed by atoms with Crippen LogP contribution in [0, 0.1) is 11.3 Å². The van der Waals surface area contributed by atoms with E-state index < -0.39 is 18.0 Å². The molecule has 0 saturated carbocycles. The molecule has 2 atom stereocenters. The number of aliphatic hydroxyl groups is 1. The van der Waals surface area contributed by atoms with Crippen molar-refractivity contribution in [3.63, 3.8) is 0 Å². The number of carboxylic acid groups (broad SMARTS) is 2. The van der Waals surface area contributed by atoms with Gasteiger partial charge in [-0.05, 0) is 50.6 Å². The molecule has 0 amide bonds. The largest absolute Gasteiger partial charge is 0.491 e. The second-order valence-corrected chi connectivity index (χ2v) is 6.32. The standard InChI is InChI=1S/C18H28N2O2.C2H2O4/c1-4-6-11-20(15(3)5-2)13-17(21)14-22-18-9-7-16(12-19)8-10-18;3-1(4)2(5)6/h7-10,15,17,21H,4-6,11,13-14H2,1-3H3;(H,3,4)(H,5,6). The van der Waals surface area contributed by atoms with Gasteiger partial charge < -0.3 is 20.1 Å². The number of hydrogen-bond donors (Lipinski definition) is 3. The number of aliphatic hydroxyl groups excluding tert-OH is 1. The van der Waals surface area contributed by atoms with Crippen molar-refractivity contribution < 1.29 is 29.6 Å². The van der Waals surface area contributed by atoms with Gasteiger partial charge in [0, 0.05) is 12.6 Å². The average molecular weight is 394 g/mol. The normalized spacial score (nSPS) is 12.3. The van der Waals surface area contributed by atoms with Gasteiger partial charge in [0.15, 0.2) is 0 Å². The molecular formula is C20H30N2O6. The molecule has 2 unspecified atom stereocenters. The van der Waals surface area contributed by atoms with E-state index in [0.29, 0.717) is 23.9 Å². The van der Waals surface area contributed by atoms with E-state index in [9.17, 15) is 5.11 Å². The van der Waals surface area contributed by atoms with Crippen LogP contribution in [0.1, 0.15) is 45.6 Å². The summed E-state index contributed by atoms with van der Waals surface area (Å²) < 4.78 is 5.60. The monoisotopic (exact) mass is 394 g/mol. The number of nitrogens with zero attached hydrogens (tertiary/aromatic N) is 2. The molecule has 0 heterocycles. The van der Waals surface area contributed by atoms with Crippen LogP contribution in [0.15, 0.2) is 24.3 Å². The zero-order valence-corrected chi connectivity index (χ0v) is 16.7. The highest BCUT2D eigenvalue weighted by atomic mass is 16.5. The molecule has 0 aliphatic heterocycles. The van der Waals surface area contributed by atoms with E-state index in [1.54, 1.807) is 24.3 Å². The SMILES string of the molecule is CCCCN(CC(O)COc1ccc(C#N)cc1)C(C)CC.O=C(O)C(=O)O. The smallest absolute Gasteiger partial charge is 0.414 e. The van der Waals surface area contributed by atoms with Crippen LogP contribution >= 0.6 is 0 Å². The van der Waals surface area contributed by atoms with Crippen molar-refractivity contribution in [2.75, 3.05) is 19.7 Å². The van der Waals surface area contributed by atoms with Gasteiger partial charge in [-0.25, -0.2) is 9.59 Å². The number of benzene rings is 1. The maximum Gasteiger partial charge on any atom is 0.414 e. The lowest BCUT2D eigenvalue weighted by Crippen LogP contribution is -2.41. The first-order chi connectivity index (χ1) is 13.2. The third kappa shape index (κ3) is 11.2. The Kier molecular flexibility index (Phi) is 13.1. The Morgan fingerprint density at radius 3 is 2.18 bits per heavy atom. The van der Waals surface area contributed by atoms with E-state index in [0.717, 1.165) is 25.8 Å². The molecule has 28 heavy (non-hydrogen) atoms. The molecule has 0 saturated heterocycles. The molecular weight excluding hydrogens is 364 g/mol. The van der Waals surface area contributed by atoms with Gasteiger partial charge in [-0.3, -0.25) is 4.90 Å². The summed E-state index contributed by atoms with van der Waals surface area (Å²) in [5.41, 5.74) is 0.607. The summed E-state index contributed by atoms with van der Waals surface area (Å²) in [7, 11) is 0. The zero-order valence-electron chi connectivity index (χ0n) is 16.7. The summed E-state index contributed by atoms with van der Waals surface area (Å²) in [4.78, 5) is 20.5. The van der Waals surface area contributed by atoms with Gasteiger partial charge in [0.1, 0.15) is 18.5 Å². The van der Waals surface area contributed by atoms with Gasteiger partial charge in [0.25, 0.3) is 0 Å². The van der Waals surface area contributed by atoms with Gasteiger partial charge in [-0.15, -0.1) is 0 Å². The molecule has 0 bridgehead atoms. The van der Waals surface area contributed by atoms with Crippen molar-refractivity contribution in [2.24, 2.45) is 0 Å². The van der Waals surface area contributed by atoms with E-state index in [1.807, 2.05) is 0 Å². The summed E-state index contributed by atoms with van der Waals surface area (Å²) in [5.74, 6) is -2.97. The Morgan fingerprint density at radius 1 is 1.18 bits per heavy atom. The first kappa shape index (κ1) is 25.4. The molecule has 0 fully saturated rings. The molecule has 0 radical (unpaired) electrons. The molecule has 1 aromatic carbocycles. The molecule has 1 aromatic rings. The third-order valence-corrected chi connectivity index (χ3v) is 4.07. The van der Waals surface area contributed by atoms with E-state index in [2.05, 4.69) is 31.7 Å². The Morgan fingerprint density at radius 2 is 1.75 bits per heavy atom. The van der Waals surface area contributed by atoms with Crippen LogP contribution < -0.4 is 4.74 Å². The molecule has 8 heteroatoms. The lowest BCUT2D eigenvalue weighted by atomic mass is 10.1. The van der Waals surface area contributed by atoms with Crippen LogP contribution in [0.25, 0.3) is 0 Å². The summed E-state index contributed by atoms with van der Waals surface area (Å²) in [6.45, 7) is 8.46. The Labute approximate surface area is 166 Å². The minimum atomic E-state index is -1.82. The van der Waals surface area contributed by atoms with Gasteiger partial charge >= 0.3 is 11.9 Å². The average Bonchev–Trinajstić information content (AvgIpc) is 2.69. The first-order valence-electron chi connectivity index (χ1n) is 9.26. The molecule has 0 aromatic heterocycles. The topological polar surface area (TPSA) is 131 Å². The highest BCUT2D eigenvalue weighted by Crippen LogP contribution is 2.13. The molecule has 8 nitrogen and oxygen atoms in total. The van der Waals surface area contributed by atoms with Gasteiger partial charge in [-0.2, -0.15) is 5.26 Å². The predicted molar refractivity (Wildman–Crippen MR) is 104 cm³/mol. The van der Waals surface area contributed by atoms with Crippen molar-refractivity contribution in [3.8, 4) is 11.8 Å². The number of unbranched alkanes of at least 4 members (excludes halogenated alkanes) is 1. The fourth-order valence-electron chi connectivity index (χ4n) is 2.25. The number of hydrogen-bond acceptors (Lipinski definition) is 6. The van der Waals surface area contributed by atoms with E-state index >= 15 is 0 Å². The second-order valence-electron chi connectivity index (χ2n) is 6.32. The molecule has 0 spiro atoms. The second kappa shape index (κ2) is 14.4. The molecule has 3 N–H and O–H groups in total. The quantitative estimate of drug-likeness (QED) is 0.515. The highest BCUT2D eigenvalue weighted by molar-refractivity contribution is 6.27. The summed E-state index contributed by atoms with van der Waals surface area (Å²) >= 11 is 0. The Bertz CT molecular complexity index is 615. The minimum Gasteiger partial charge on any atom is -0.491 e. The molecule has 156 valence electrons. The highest BCUT2D eigenvalue weighted by Gasteiger charge is 2.16. The lowest BCUT2D eigenvalue weighted by Gasteiger charge is -2.30. The maximum atomic E-state index is 10.2. The van der Waals surface area contributed by atoms with Crippen LogP contribution in [0.5, 0.6) is 5.75 Å². The van der Waals surface area contributed by atoms with E-state index in [-0.39, 0.29) is 6.61 Å². The Hall–Kier alpha value is -2.63. The van der Waals surface area contributed by atoms with Gasteiger partial charge in [0.2, 0.25) is 0 Å². The summed E-state index contributed by atoms with van der Waals surface area (Å²) in [5, 5.41) is 33.7. The summed E-state index contributed by atoms with van der Waals surface area (Å²) in [6, 6.07) is 9.49. The molecule has 1 rings (SSSR count).